The Hall–Kier alpha value is -3.28. The van der Waals surface area contributed by atoms with Gasteiger partial charge in [0.1, 0.15) is 17.1 Å². The van der Waals surface area contributed by atoms with E-state index in [0.717, 1.165) is 5.56 Å². The summed E-state index contributed by atoms with van der Waals surface area (Å²) in [6.07, 6.45) is 0.701. The Morgan fingerprint density at radius 3 is 2.81 bits per heavy atom. The molecule has 0 aliphatic carbocycles. The summed E-state index contributed by atoms with van der Waals surface area (Å²) in [5, 5.41) is 13.8. The van der Waals surface area contributed by atoms with E-state index in [9.17, 15) is 14.7 Å². The van der Waals surface area contributed by atoms with Gasteiger partial charge in [0.15, 0.2) is 0 Å². The Kier molecular flexibility index (Phi) is 3.68. The van der Waals surface area contributed by atoms with Crippen molar-refractivity contribution in [3.8, 4) is 11.5 Å². The molecule has 0 spiro atoms. The number of aromatic nitrogens is 1. The van der Waals surface area contributed by atoms with Crippen LogP contribution in [-0.2, 0) is 6.42 Å². The largest absolute Gasteiger partial charge is 0.506 e. The average Bonchev–Trinajstić information content (AvgIpc) is 2.97. The molecule has 0 saturated heterocycles. The molecule has 4 rings (SSSR count). The number of hydrogen-bond acceptors (Lipinski definition) is 4. The minimum atomic E-state index is -0.643. The lowest BCUT2D eigenvalue weighted by molar-refractivity contribution is 0.102. The van der Waals surface area contributed by atoms with Crippen molar-refractivity contribution >= 4 is 22.5 Å². The molecule has 2 heterocycles. The van der Waals surface area contributed by atoms with Gasteiger partial charge < -0.3 is 19.7 Å². The Balaban J connectivity index is 1.85. The molecule has 1 amide bonds. The molecule has 1 atom stereocenters. The molecule has 26 heavy (non-hydrogen) atoms. The fourth-order valence-electron chi connectivity index (χ4n) is 3.62. The lowest BCUT2D eigenvalue weighted by atomic mass is 10.1. The fourth-order valence-corrected chi connectivity index (χ4v) is 3.62. The molecule has 132 valence electrons. The zero-order valence-electron chi connectivity index (χ0n) is 14.4. The first kappa shape index (κ1) is 16.2. The van der Waals surface area contributed by atoms with E-state index in [4.69, 9.17) is 4.74 Å². The van der Waals surface area contributed by atoms with Crippen LogP contribution in [0.25, 0.3) is 10.9 Å². The van der Waals surface area contributed by atoms with E-state index in [1.807, 2.05) is 19.1 Å². The van der Waals surface area contributed by atoms with Gasteiger partial charge in [-0.15, -0.1) is 0 Å². The second kappa shape index (κ2) is 5.91. The maximum Gasteiger partial charge on any atom is 0.268 e. The van der Waals surface area contributed by atoms with Gasteiger partial charge in [-0.3, -0.25) is 9.59 Å². The highest BCUT2D eigenvalue weighted by atomic mass is 16.5. The molecular weight excluding hydrogens is 332 g/mol. The molecule has 3 aromatic rings. The van der Waals surface area contributed by atoms with Gasteiger partial charge in [-0.25, -0.2) is 0 Å². The molecule has 2 aromatic carbocycles. The molecule has 0 bridgehead atoms. The van der Waals surface area contributed by atoms with Crippen LogP contribution >= 0.6 is 0 Å². The summed E-state index contributed by atoms with van der Waals surface area (Å²) < 4.78 is 6.74. The van der Waals surface area contributed by atoms with Gasteiger partial charge in [0, 0.05) is 23.2 Å². The highest BCUT2D eigenvalue weighted by Gasteiger charge is 2.29. The quantitative estimate of drug-likeness (QED) is 0.761. The molecule has 6 heteroatoms. The van der Waals surface area contributed by atoms with Crippen molar-refractivity contribution in [1.29, 1.82) is 0 Å². The van der Waals surface area contributed by atoms with E-state index in [1.165, 1.54) is 7.11 Å². The van der Waals surface area contributed by atoms with Crippen molar-refractivity contribution in [2.45, 2.75) is 19.4 Å². The Labute approximate surface area is 149 Å². The molecule has 0 fully saturated rings. The predicted octanol–water partition coefficient (Wildman–Crippen LogP) is 3.09. The number of amides is 1. The van der Waals surface area contributed by atoms with E-state index in [-0.39, 0.29) is 17.4 Å². The maximum absolute atomic E-state index is 13.0. The van der Waals surface area contributed by atoms with Crippen LogP contribution in [0.4, 0.5) is 5.69 Å². The second-order valence-electron chi connectivity index (χ2n) is 6.45. The zero-order valence-corrected chi connectivity index (χ0v) is 14.4. The van der Waals surface area contributed by atoms with E-state index < -0.39 is 11.5 Å². The molecule has 1 aromatic heterocycles. The summed E-state index contributed by atoms with van der Waals surface area (Å²) in [4.78, 5) is 25.7. The number of hydrogen-bond donors (Lipinski definition) is 2. The van der Waals surface area contributed by atoms with Gasteiger partial charge in [-0.1, -0.05) is 18.2 Å². The lowest BCUT2D eigenvalue weighted by Crippen LogP contribution is -2.30. The van der Waals surface area contributed by atoms with Crippen molar-refractivity contribution in [3.63, 3.8) is 0 Å². The molecular formula is C20H18N2O4. The number of aromatic hydroxyl groups is 1. The number of carbonyl (C=O) groups excluding carboxylic acids is 1. The number of pyridine rings is 1. The first-order valence-corrected chi connectivity index (χ1v) is 8.35. The molecule has 1 aliphatic rings. The van der Waals surface area contributed by atoms with E-state index >= 15 is 0 Å². The van der Waals surface area contributed by atoms with Crippen LogP contribution in [0.2, 0.25) is 0 Å². The monoisotopic (exact) mass is 350 g/mol. The lowest BCUT2D eigenvalue weighted by Gasteiger charge is -2.14. The number of nitrogens with zero attached hydrogens (tertiary/aromatic N) is 1. The van der Waals surface area contributed by atoms with Crippen molar-refractivity contribution in [3.05, 3.63) is 63.9 Å². The summed E-state index contributed by atoms with van der Waals surface area (Å²) >= 11 is 0. The van der Waals surface area contributed by atoms with Gasteiger partial charge >= 0.3 is 0 Å². The minimum absolute atomic E-state index is 0.0635. The average molecular weight is 350 g/mol. The third-order valence-corrected chi connectivity index (χ3v) is 4.80. The summed E-state index contributed by atoms with van der Waals surface area (Å²) in [5.41, 5.74) is 1.47. The number of carbonyl (C=O) groups is 1. The van der Waals surface area contributed by atoms with E-state index in [0.29, 0.717) is 28.8 Å². The van der Waals surface area contributed by atoms with Gasteiger partial charge in [-0.05, 0) is 37.1 Å². The predicted molar refractivity (Wildman–Crippen MR) is 99.2 cm³/mol. The van der Waals surface area contributed by atoms with Crippen LogP contribution < -0.4 is 15.6 Å². The highest BCUT2D eigenvalue weighted by molar-refractivity contribution is 6.09. The van der Waals surface area contributed by atoms with Crippen molar-refractivity contribution in [2.24, 2.45) is 0 Å². The van der Waals surface area contributed by atoms with Crippen molar-refractivity contribution < 1.29 is 14.6 Å². The van der Waals surface area contributed by atoms with Gasteiger partial charge in [0.2, 0.25) is 0 Å². The summed E-state index contributed by atoms with van der Waals surface area (Å²) in [7, 11) is 1.53. The number of ether oxygens (including phenoxy) is 1. The van der Waals surface area contributed by atoms with Crippen molar-refractivity contribution in [1.82, 2.24) is 4.57 Å². The van der Waals surface area contributed by atoms with E-state index in [1.54, 1.807) is 34.9 Å². The number of para-hydroxylation sites is 1. The SMILES string of the molecule is COc1cccc(NC(=O)c2c(O)c3cccc4c3n(c2=O)[C@H](C)C4)c1. The molecule has 0 unspecified atom stereocenters. The first-order valence-electron chi connectivity index (χ1n) is 8.35. The van der Waals surface area contributed by atoms with Crippen LogP contribution in [0.15, 0.2) is 47.3 Å². The summed E-state index contributed by atoms with van der Waals surface area (Å²) in [5.74, 6) is -0.340. The minimum Gasteiger partial charge on any atom is -0.506 e. The van der Waals surface area contributed by atoms with E-state index in [2.05, 4.69) is 5.32 Å². The third kappa shape index (κ3) is 2.34. The highest BCUT2D eigenvalue weighted by Crippen LogP contribution is 2.36. The normalized spacial score (nSPS) is 15.2. The molecule has 2 N–H and O–H groups in total. The zero-order chi connectivity index (χ0) is 18.4. The molecule has 1 aliphatic heterocycles. The first-order chi connectivity index (χ1) is 12.5. The topological polar surface area (TPSA) is 80.6 Å². The fraction of sp³-hybridized carbons (Fsp3) is 0.200. The molecule has 0 saturated carbocycles. The van der Waals surface area contributed by atoms with Crippen LogP contribution in [0.1, 0.15) is 28.9 Å². The van der Waals surface area contributed by atoms with Gasteiger partial charge in [0.25, 0.3) is 11.5 Å². The summed E-state index contributed by atoms with van der Waals surface area (Å²) in [6, 6.07) is 12.3. The Morgan fingerprint density at radius 2 is 2.04 bits per heavy atom. The van der Waals surface area contributed by atoms with Crippen LogP contribution in [0.3, 0.4) is 0 Å². The molecule has 0 radical (unpaired) electrons. The third-order valence-electron chi connectivity index (χ3n) is 4.80. The number of rotatable bonds is 3. The number of anilines is 1. The Bertz CT molecular complexity index is 1100. The molecule has 6 nitrogen and oxygen atoms in total. The second-order valence-corrected chi connectivity index (χ2v) is 6.45. The van der Waals surface area contributed by atoms with Crippen LogP contribution in [0, 0.1) is 0 Å². The van der Waals surface area contributed by atoms with Crippen LogP contribution in [-0.4, -0.2) is 22.7 Å². The Morgan fingerprint density at radius 1 is 1.27 bits per heavy atom. The number of nitrogens with one attached hydrogen (secondary N) is 1. The van der Waals surface area contributed by atoms with Gasteiger partial charge in [0.05, 0.1) is 12.6 Å². The number of methoxy groups -OCH3 is 1. The van der Waals surface area contributed by atoms with Gasteiger partial charge in [-0.2, -0.15) is 0 Å². The van der Waals surface area contributed by atoms with Crippen LogP contribution in [0.5, 0.6) is 11.5 Å². The summed E-state index contributed by atoms with van der Waals surface area (Å²) in [6.45, 7) is 1.93. The maximum atomic E-state index is 13.0. The smallest absolute Gasteiger partial charge is 0.268 e. The standard InChI is InChI=1S/C20H18N2O4/c1-11-9-12-5-3-8-15-17(12)22(11)20(25)16(18(15)23)19(24)21-13-6-4-7-14(10-13)26-2/h3-8,10-11,23H,9H2,1-2H3,(H,21,24)/t11-/m1/s1. The van der Waals surface area contributed by atoms with Crippen molar-refractivity contribution in [2.75, 3.05) is 12.4 Å². The number of benzene rings is 2.